The van der Waals surface area contributed by atoms with Gasteiger partial charge in [-0.2, -0.15) is 0 Å². The van der Waals surface area contributed by atoms with Gasteiger partial charge in [-0.3, -0.25) is 10.4 Å². The summed E-state index contributed by atoms with van der Waals surface area (Å²) in [5, 5.41) is 8.08. The summed E-state index contributed by atoms with van der Waals surface area (Å²) in [6, 6.07) is 0.419. The van der Waals surface area contributed by atoms with Gasteiger partial charge in [-0.1, -0.05) is 12.8 Å². The van der Waals surface area contributed by atoms with Crippen molar-refractivity contribution >= 4 is 16.0 Å². The monoisotopic (exact) mass is 263 g/mol. The third kappa shape index (κ3) is 6.44. The molecular formula is C9H21N5O2S. The Morgan fingerprint density at radius 1 is 1.35 bits per heavy atom. The third-order valence-electron chi connectivity index (χ3n) is 2.69. The average molecular weight is 263 g/mol. The van der Waals surface area contributed by atoms with E-state index in [1.54, 1.807) is 0 Å². The molecule has 0 aromatic heterocycles. The van der Waals surface area contributed by atoms with E-state index in [1.165, 1.54) is 12.8 Å². The molecule has 0 spiro atoms. The van der Waals surface area contributed by atoms with Crippen LogP contribution in [-0.4, -0.2) is 32.7 Å². The van der Waals surface area contributed by atoms with Crippen LogP contribution in [0.4, 0.5) is 0 Å². The maximum Gasteiger partial charge on any atom is 0.209 e. The number of guanidine groups is 1. The van der Waals surface area contributed by atoms with E-state index >= 15 is 0 Å². The molecule has 7 nitrogen and oxygen atoms in total. The van der Waals surface area contributed by atoms with E-state index in [1.807, 2.05) is 0 Å². The second kappa shape index (κ2) is 6.77. The van der Waals surface area contributed by atoms with Crippen molar-refractivity contribution in [2.24, 2.45) is 16.0 Å². The first-order chi connectivity index (χ1) is 8.01. The molecule has 0 saturated heterocycles. The van der Waals surface area contributed by atoms with Crippen LogP contribution >= 0.6 is 0 Å². The summed E-state index contributed by atoms with van der Waals surface area (Å²) in [6.45, 7) is 0.385. The van der Waals surface area contributed by atoms with Gasteiger partial charge in [0.15, 0.2) is 0 Å². The standard InChI is InChI=1S/C9H21N5O2S/c10-14-9(13-8-4-1-2-5-8)12-6-3-7-17(11,15)16/h8H,1-7,10H2,(H2,11,15,16)(H2,12,13,14). The first kappa shape index (κ1) is 14.2. The van der Waals surface area contributed by atoms with Crippen LogP contribution in [0.2, 0.25) is 0 Å². The Bertz CT molecular complexity index is 348. The van der Waals surface area contributed by atoms with Crippen molar-refractivity contribution < 1.29 is 8.42 Å². The van der Waals surface area contributed by atoms with Crippen LogP contribution in [0, 0.1) is 0 Å². The molecular weight excluding hydrogens is 242 g/mol. The summed E-state index contributed by atoms with van der Waals surface area (Å²) >= 11 is 0. The minimum Gasteiger partial charge on any atom is -0.353 e. The molecule has 0 radical (unpaired) electrons. The van der Waals surface area contributed by atoms with E-state index in [0.717, 1.165) is 12.8 Å². The van der Waals surface area contributed by atoms with Crippen molar-refractivity contribution in [2.75, 3.05) is 12.3 Å². The van der Waals surface area contributed by atoms with Crippen LogP contribution in [0.15, 0.2) is 4.99 Å². The van der Waals surface area contributed by atoms with Gasteiger partial charge in [-0.05, 0) is 19.3 Å². The zero-order chi connectivity index (χ0) is 12.7. The normalized spacial score (nSPS) is 18.4. The highest BCUT2D eigenvalue weighted by Crippen LogP contribution is 2.17. The summed E-state index contributed by atoms with van der Waals surface area (Å²) in [5.41, 5.74) is 2.48. The van der Waals surface area contributed by atoms with Crippen LogP contribution in [0.25, 0.3) is 0 Å². The number of aliphatic imine (C=N–C) groups is 1. The van der Waals surface area contributed by atoms with E-state index in [9.17, 15) is 8.42 Å². The molecule has 0 bridgehead atoms. The zero-order valence-electron chi connectivity index (χ0n) is 9.85. The van der Waals surface area contributed by atoms with Crippen molar-refractivity contribution in [1.82, 2.24) is 10.7 Å². The number of nitrogens with one attached hydrogen (secondary N) is 2. The molecule has 17 heavy (non-hydrogen) atoms. The van der Waals surface area contributed by atoms with Gasteiger partial charge in [-0.15, -0.1) is 0 Å². The molecule has 8 heteroatoms. The van der Waals surface area contributed by atoms with Crippen molar-refractivity contribution in [1.29, 1.82) is 0 Å². The van der Waals surface area contributed by atoms with Gasteiger partial charge >= 0.3 is 0 Å². The Labute approximate surface area is 102 Å². The third-order valence-corrected chi connectivity index (χ3v) is 3.55. The van der Waals surface area contributed by atoms with Crippen molar-refractivity contribution in [2.45, 2.75) is 38.1 Å². The molecule has 1 rings (SSSR count). The number of hydrogen-bond acceptors (Lipinski definition) is 4. The van der Waals surface area contributed by atoms with Gasteiger partial charge in [-0.25, -0.2) is 19.4 Å². The lowest BCUT2D eigenvalue weighted by Gasteiger charge is -2.14. The minimum absolute atomic E-state index is 0.0578. The van der Waals surface area contributed by atoms with E-state index in [2.05, 4.69) is 15.7 Å². The van der Waals surface area contributed by atoms with Gasteiger partial charge < -0.3 is 5.32 Å². The lowest BCUT2D eigenvalue weighted by molar-refractivity contribution is 0.594. The SMILES string of the molecule is NNC(=NCCCS(N)(=O)=O)NC1CCCC1. The number of sulfonamides is 1. The Hall–Kier alpha value is -0.860. The van der Waals surface area contributed by atoms with Gasteiger partial charge in [0.05, 0.1) is 5.75 Å². The van der Waals surface area contributed by atoms with E-state index in [0.29, 0.717) is 25.0 Å². The Morgan fingerprint density at radius 2 is 2.00 bits per heavy atom. The topological polar surface area (TPSA) is 123 Å². The predicted octanol–water partition coefficient (Wildman–Crippen LogP) is -0.983. The van der Waals surface area contributed by atoms with E-state index in [-0.39, 0.29) is 5.75 Å². The number of nitrogens with two attached hydrogens (primary N) is 2. The molecule has 0 aliphatic heterocycles. The van der Waals surface area contributed by atoms with E-state index < -0.39 is 10.0 Å². The Balaban J connectivity index is 2.28. The second-order valence-electron chi connectivity index (χ2n) is 4.22. The maximum atomic E-state index is 10.7. The van der Waals surface area contributed by atoms with Crippen LogP contribution < -0.4 is 21.7 Å². The molecule has 0 aromatic carbocycles. The Morgan fingerprint density at radius 3 is 2.53 bits per heavy atom. The Kier molecular flexibility index (Phi) is 5.66. The number of hydrazine groups is 1. The second-order valence-corrected chi connectivity index (χ2v) is 5.95. The number of rotatable bonds is 5. The van der Waals surface area contributed by atoms with E-state index in [4.69, 9.17) is 11.0 Å². The molecule has 0 heterocycles. The molecule has 0 unspecified atom stereocenters. The lowest BCUT2D eigenvalue weighted by Crippen LogP contribution is -2.45. The number of hydrogen-bond donors (Lipinski definition) is 4. The fourth-order valence-corrected chi connectivity index (χ4v) is 2.38. The molecule has 0 amide bonds. The molecule has 0 atom stereocenters. The average Bonchev–Trinajstić information content (AvgIpc) is 2.73. The zero-order valence-corrected chi connectivity index (χ0v) is 10.7. The van der Waals surface area contributed by atoms with Crippen molar-refractivity contribution in [3.05, 3.63) is 0 Å². The smallest absolute Gasteiger partial charge is 0.209 e. The predicted molar refractivity (Wildman–Crippen MR) is 67.6 cm³/mol. The molecule has 1 fully saturated rings. The molecule has 1 saturated carbocycles. The van der Waals surface area contributed by atoms with Crippen molar-refractivity contribution in [3.8, 4) is 0 Å². The van der Waals surface area contributed by atoms with Crippen LogP contribution in [0.5, 0.6) is 0 Å². The summed E-state index contributed by atoms with van der Waals surface area (Å²) in [4.78, 5) is 4.16. The highest BCUT2D eigenvalue weighted by Gasteiger charge is 2.15. The molecule has 1 aliphatic rings. The highest BCUT2D eigenvalue weighted by atomic mass is 32.2. The molecule has 6 N–H and O–H groups in total. The largest absolute Gasteiger partial charge is 0.353 e. The number of nitrogens with zero attached hydrogens (tertiary/aromatic N) is 1. The van der Waals surface area contributed by atoms with Crippen LogP contribution in [-0.2, 0) is 10.0 Å². The summed E-state index contributed by atoms with van der Waals surface area (Å²) in [7, 11) is -3.39. The first-order valence-corrected chi connectivity index (χ1v) is 7.51. The number of primary sulfonamides is 1. The molecule has 1 aliphatic carbocycles. The van der Waals surface area contributed by atoms with Crippen molar-refractivity contribution in [3.63, 3.8) is 0 Å². The fourth-order valence-electron chi connectivity index (χ4n) is 1.85. The van der Waals surface area contributed by atoms with Crippen LogP contribution in [0.3, 0.4) is 0 Å². The van der Waals surface area contributed by atoms with Crippen LogP contribution in [0.1, 0.15) is 32.1 Å². The summed E-state index contributed by atoms with van der Waals surface area (Å²) in [5.74, 6) is 5.79. The molecule has 0 aromatic rings. The van der Waals surface area contributed by atoms with Gasteiger partial charge in [0.25, 0.3) is 0 Å². The van der Waals surface area contributed by atoms with Gasteiger partial charge in [0.2, 0.25) is 16.0 Å². The highest BCUT2D eigenvalue weighted by molar-refractivity contribution is 7.89. The fraction of sp³-hybridized carbons (Fsp3) is 0.889. The quantitative estimate of drug-likeness (QED) is 0.167. The van der Waals surface area contributed by atoms with Gasteiger partial charge in [0.1, 0.15) is 0 Å². The minimum atomic E-state index is -3.39. The summed E-state index contributed by atoms with van der Waals surface area (Å²) in [6.07, 6.45) is 5.09. The molecule has 100 valence electrons. The summed E-state index contributed by atoms with van der Waals surface area (Å²) < 4.78 is 21.4. The lowest BCUT2D eigenvalue weighted by atomic mass is 10.2. The van der Waals surface area contributed by atoms with Gasteiger partial charge in [0, 0.05) is 12.6 Å². The first-order valence-electron chi connectivity index (χ1n) is 5.79. The maximum absolute atomic E-state index is 10.7.